The van der Waals surface area contributed by atoms with E-state index in [-0.39, 0.29) is 16.2 Å². The van der Waals surface area contributed by atoms with Crippen LogP contribution in [0, 0.1) is 0 Å². The van der Waals surface area contributed by atoms with Crippen molar-refractivity contribution in [3.05, 3.63) is 257 Å². The molecule has 0 bridgehead atoms. The van der Waals surface area contributed by atoms with Gasteiger partial charge in [0.2, 0.25) is 0 Å². The van der Waals surface area contributed by atoms with Crippen molar-refractivity contribution in [2.24, 2.45) is 0 Å². The normalized spacial score (nSPS) is 14.4. The molecule has 3 aliphatic rings. The highest BCUT2D eigenvalue weighted by atomic mass is 15.1. The van der Waals surface area contributed by atoms with Gasteiger partial charge in [0, 0.05) is 22.5 Å². The Bertz CT molecular complexity index is 3740. The van der Waals surface area contributed by atoms with Crippen LogP contribution < -0.4 is 4.90 Å². The molecule has 0 saturated carbocycles. The zero-order valence-electron chi connectivity index (χ0n) is 42.2. The molecule has 0 fully saturated rings. The van der Waals surface area contributed by atoms with Crippen molar-refractivity contribution in [1.82, 2.24) is 0 Å². The van der Waals surface area contributed by atoms with E-state index in [1.54, 1.807) is 0 Å². The third kappa shape index (κ3) is 6.45. The summed E-state index contributed by atoms with van der Waals surface area (Å²) in [6.07, 6.45) is 0. The summed E-state index contributed by atoms with van der Waals surface area (Å²) in [5.41, 5.74) is 26.2. The highest BCUT2D eigenvalue weighted by Crippen LogP contribution is 2.65. The molecule has 0 atom stereocenters. The second-order valence-electron chi connectivity index (χ2n) is 22.9. The van der Waals surface area contributed by atoms with Crippen LogP contribution in [-0.4, -0.2) is 0 Å². The molecule has 344 valence electrons. The minimum absolute atomic E-state index is 0.0481. The van der Waals surface area contributed by atoms with Crippen LogP contribution in [0.15, 0.2) is 212 Å². The number of hydrogen-bond donors (Lipinski definition) is 0. The maximum Gasteiger partial charge on any atom is 0.0726 e. The van der Waals surface area contributed by atoms with Gasteiger partial charge in [-0.2, -0.15) is 0 Å². The van der Waals surface area contributed by atoms with Crippen LogP contribution in [0.3, 0.4) is 0 Å². The first kappa shape index (κ1) is 43.3. The van der Waals surface area contributed by atoms with Gasteiger partial charge in [-0.15, -0.1) is 0 Å². The van der Waals surface area contributed by atoms with Crippen molar-refractivity contribution in [3.8, 4) is 55.6 Å². The minimum atomic E-state index is -0.579. The number of fused-ring (bicyclic) bond motifs is 14. The molecule has 1 nitrogen and oxygen atoms in total. The predicted octanol–water partition coefficient (Wildman–Crippen LogP) is 18.9. The number of nitrogens with zero attached hydrogens (tertiary/aromatic N) is 1. The molecule has 0 amide bonds. The Balaban J connectivity index is 1.11. The van der Waals surface area contributed by atoms with E-state index < -0.39 is 5.41 Å². The van der Waals surface area contributed by atoms with Crippen molar-refractivity contribution < 1.29 is 0 Å². The van der Waals surface area contributed by atoms with E-state index in [4.69, 9.17) is 0 Å². The number of rotatable bonds is 5. The molecule has 0 saturated heterocycles. The number of hydrogen-bond acceptors (Lipinski definition) is 1. The van der Waals surface area contributed by atoms with Gasteiger partial charge in [-0.05, 0) is 164 Å². The molecule has 1 heteroatoms. The molecule has 0 N–H and O–H groups in total. The summed E-state index contributed by atoms with van der Waals surface area (Å²) in [5, 5.41) is 2.53. The van der Waals surface area contributed by atoms with Gasteiger partial charge in [0.25, 0.3) is 0 Å². The zero-order valence-corrected chi connectivity index (χ0v) is 42.2. The van der Waals surface area contributed by atoms with Crippen molar-refractivity contribution in [1.29, 1.82) is 0 Å². The third-order valence-corrected chi connectivity index (χ3v) is 16.4. The first-order chi connectivity index (χ1) is 34.2. The molecular weight excluding hydrogens is 855 g/mol. The van der Waals surface area contributed by atoms with E-state index in [0.29, 0.717) is 0 Å². The Labute approximate surface area is 420 Å². The van der Waals surface area contributed by atoms with Gasteiger partial charge in [0.05, 0.1) is 5.41 Å². The monoisotopic (exact) mass is 913 g/mol. The fourth-order valence-corrected chi connectivity index (χ4v) is 12.7. The van der Waals surface area contributed by atoms with Crippen molar-refractivity contribution in [2.45, 2.75) is 77.0 Å². The van der Waals surface area contributed by atoms with E-state index in [1.807, 2.05) is 0 Å². The summed E-state index contributed by atoms with van der Waals surface area (Å²) < 4.78 is 0. The highest BCUT2D eigenvalue weighted by molar-refractivity contribution is 6.01. The second-order valence-corrected chi connectivity index (χ2v) is 22.9. The van der Waals surface area contributed by atoms with Gasteiger partial charge in [0.1, 0.15) is 0 Å². The molecule has 10 aromatic carbocycles. The van der Waals surface area contributed by atoms with E-state index in [0.717, 1.165) is 17.1 Å². The largest absolute Gasteiger partial charge is 0.310 e. The van der Waals surface area contributed by atoms with Crippen LogP contribution in [0.5, 0.6) is 0 Å². The van der Waals surface area contributed by atoms with Gasteiger partial charge in [-0.3, -0.25) is 0 Å². The summed E-state index contributed by atoms with van der Waals surface area (Å²) in [4.78, 5) is 2.53. The average molecular weight is 914 g/mol. The van der Waals surface area contributed by atoms with Crippen molar-refractivity contribution >= 4 is 27.8 Å². The molecule has 0 radical (unpaired) electrons. The first-order valence-electron chi connectivity index (χ1n) is 25.5. The Kier molecular flexibility index (Phi) is 9.38. The number of benzene rings is 10. The topological polar surface area (TPSA) is 3.24 Å². The lowest BCUT2D eigenvalue weighted by Crippen LogP contribution is -2.27. The molecule has 3 aliphatic carbocycles. The van der Waals surface area contributed by atoms with E-state index in [9.17, 15) is 0 Å². The molecule has 0 aliphatic heterocycles. The van der Waals surface area contributed by atoms with Crippen LogP contribution in [-0.2, 0) is 21.7 Å². The molecule has 1 spiro atoms. The lowest BCUT2D eigenvalue weighted by molar-refractivity contribution is 0.586. The molecule has 0 heterocycles. The van der Waals surface area contributed by atoms with E-state index >= 15 is 0 Å². The third-order valence-electron chi connectivity index (χ3n) is 16.4. The van der Waals surface area contributed by atoms with Crippen LogP contribution in [0.4, 0.5) is 17.1 Å². The fraction of sp³-hybridized carbons (Fsp3) is 0.171. The fourth-order valence-electron chi connectivity index (χ4n) is 12.7. The van der Waals surface area contributed by atoms with Gasteiger partial charge in [0.15, 0.2) is 0 Å². The van der Waals surface area contributed by atoms with Crippen molar-refractivity contribution in [3.63, 3.8) is 0 Å². The van der Waals surface area contributed by atoms with E-state index in [1.165, 1.54) is 111 Å². The lowest BCUT2D eigenvalue weighted by atomic mass is 9.68. The van der Waals surface area contributed by atoms with Crippen LogP contribution >= 0.6 is 0 Å². The zero-order chi connectivity index (χ0) is 48.6. The molecule has 71 heavy (non-hydrogen) atoms. The summed E-state index contributed by atoms with van der Waals surface area (Å²) in [6, 6.07) is 81.2. The number of anilines is 3. The Hall–Kier alpha value is -7.74. The van der Waals surface area contributed by atoms with Gasteiger partial charge in [-0.1, -0.05) is 225 Å². The SMILES string of the molecule is CC(C)(C)c1ccc2c(c1)C1(c3ccc(-c4cccc5ccccc45)cc3-c3ccc(N(c4cccc(-c5ccccc5)c4)c4ccc5c(c4)C(C)(C)c4ccccc4-5)cc31)c1cc(C(C)(C)C)ccc1-2. The van der Waals surface area contributed by atoms with Gasteiger partial charge < -0.3 is 4.90 Å². The maximum absolute atomic E-state index is 2.57. The molecular formula is C70H59N. The van der Waals surface area contributed by atoms with Gasteiger partial charge in [-0.25, -0.2) is 0 Å². The smallest absolute Gasteiger partial charge is 0.0726 e. The Morgan fingerprint density at radius 3 is 1.52 bits per heavy atom. The Morgan fingerprint density at radius 2 is 0.817 bits per heavy atom. The average Bonchev–Trinajstić information content (AvgIpc) is 3.93. The lowest BCUT2D eigenvalue weighted by Gasteiger charge is -2.34. The Morgan fingerprint density at radius 1 is 0.310 bits per heavy atom. The predicted molar refractivity (Wildman–Crippen MR) is 301 cm³/mol. The summed E-state index contributed by atoms with van der Waals surface area (Å²) in [6.45, 7) is 18.9. The maximum atomic E-state index is 2.57. The molecule has 13 rings (SSSR count). The van der Waals surface area contributed by atoms with Crippen molar-refractivity contribution in [2.75, 3.05) is 4.90 Å². The summed E-state index contributed by atoms with van der Waals surface area (Å²) >= 11 is 0. The van der Waals surface area contributed by atoms with Crippen LogP contribution in [0.2, 0.25) is 0 Å². The molecule has 0 unspecified atom stereocenters. The van der Waals surface area contributed by atoms with E-state index in [2.05, 4.69) is 273 Å². The first-order valence-corrected chi connectivity index (χ1v) is 25.5. The molecule has 10 aromatic rings. The second kappa shape index (κ2) is 15.4. The van der Waals surface area contributed by atoms with Crippen LogP contribution in [0.1, 0.15) is 99.9 Å². The van der Waals surface area contributed by atoms with Gasteiger partial charge >= 0.3 is 0 Å². The standard InChI is InChI=1S/C70H59N/c1-67(2,3)48-29-33-57-58-34-30-49(68(4,5)6)41-65(58)70(64(57)40-48)62-37-28-47(54-26-17-21-45-20-12-13-24-53(45)54)39-60(62)59-36-32-52(43-66(59)70)71(50-23-16-22-46(38-50)44-18-10-9-11-19-44)51-31-35-56-55-25-14-15-27-61(55)69(7,8)63(56)42-51/h9-43H,1-8H3. The van der Waals surface area contributed by atoms with Crippen LogP contribution in [0.25, 0.3) is 66.4 Å². The molecule has 0 aromatic heterocycles. The highest BCUT2D eigenvalue weighted by Gasteiger charge is 2.53. The summed E-state index contributed by atoms with van der Waals surface area (Å²) in [7, 11) is 0. The minimum Gasteiger partial charge on any atom is -0.310 e. The summed E-state index contributed by atoms with van der Waals surface area (Å²) in [5.74, 6) is 0. The quantitative estimate of drug-likeness (QED) is 0.166.